The Morgan fingerprint density at radius 2 is 1.68 bits per heavy atom. The summed E-state index contributed by atoms with van der Waals surface area (Å²) in [4.78, 5) is 26.1. The molecular formula is C29H29F7N2O5S. The Morgan fingerprint density at radius 1 is 1.02 bits per heavy atom. The van der Waals surface area contributed by atoms with Gasteiger partial charge >= 0.3 is 12.4 Å². The number of unbranched alkanes of at least 4 members (excludes halogenated alkanes) is 2. The molecule has 1 aliphatic heterocycles. The van der Waals surface area contributed by atoms with Crippen LogP contribution in [0.3, 0.4) is 0 Å². The third kappa shape index (κ3) is 7.90. The molecule has 2 amide bonds. The van der Waals surface area contributed by atoms with Crippen molar-refractivity contribution in [2.24, 2.45) is 0 Å². The molecule has 1 aliphatic carbocycles. The van der Waals surface area contributed by atoms with Gasteiger partial charge in [0.15, 0.2) is 5.54 Å². The molecular weight excluding hydrogens is 621 g/mol. The second-order valence-corrected chi connectivity index (χ2v) is 12.7. The topological polar surface area (TPSA) is 102 Å². The van der Waals surface area contributed by atoms with E-state index in [1.165, 1.54) is 12.1 Å². The first-order valence-corrected chi connectivity index (χ1v) is 15.5. The quantitative estimate of drug-likeness (QED) is 0.176. The van der Waals surface area contributed by atoms with E-state index >= 15 is 4.39 Å². The van der Waals surface area contributed by atoms with E-state index in [1.807, 2.05) is 0 Å². The fraction of sp³-hybridized carbons (Fsp3) is 0.448. The lowest BCUT2D eigenvalue weighted by Gasteiger charge is -2.41. The second kappa shape index (κ2) is 12.4. The lowest BCUT2D eigenvalue weighted by Crippen LogP contribution is -2.60. The molecule has 4 rings (SSSR count). The van der Waals surface area contributed by atoms with Crippen LogP contribution in [0.1, 0.15) is 67.6 Å². The Balaban J connectivity index is 1.68. The number of hydrogen-bond acceptors (Lipinski definition) is 5. The maximum absolute atomic E-state index is 15.4. The fourth-order valence-corrected chi connectivity index (χ4v) is 5.52. The molecule has 15 heteroatoms. The molecule has 2 aromatic carbocycles. The lowest BCUT2D eigenvalue weighted by atomic mass is 9.76. The number of sulfonamides is 1. The molecule has 240 valence electrons. The molecule has 0 saturated heterocycles. The van der Waals surface area contributed by atoms with Gasteiger partial charge in [0.2, 0.25) is 10.0 Å². The summed E-state index contributed by atoms with van der Waals surface area (Å²) >= 11 is 0. The van der Waals surface area contributed by atoms with E-state index in [-0.39, 0.29) is 43.1 Å². The van der Waals surface area contributed by atoms with Crippen LogP contribution >= 0.6 is 0 Å². The van der Waals surface area contributed by atoms with E-state index in [4.69, 9.17) is 4.74 Å². The molecule has 1 fully saturated rings. The van der Waals surface area contributed by atoms with Crippen LogP contribution in [-0.2, 0) is 25.2 Å². The summed E-state index contributed by atoms with van der Waals surface area (Å²) in [6.45, 7) is -0.111. The van der Waals surface area contributed by atoms with Gasteiger partial charge in [-0.2, -0.15) is 26.3 Å². The Kier molecular flexibility index (Phi) is 9.38. The number of hydrogen-bond donors (Lipinski definition) is 2. The van der Waals surface area contributed by atoms with Gasteiger partial charge in [-0.05, 0) is 66.9 Å². The zero-order valence-electron chi connectivity index (χ0n) is 23.4. The molecule has 2 N–H and O–H groups in total. The van der Waals surface area contributed by atoms with Gasteiger partial charge in [-0.25, -0.2) is 17.5 Å². The maximum atomic E-state index is 15.4. The van der Waals surface area contributed by atoms with Crippen molar-refractivity contribution in [3.05, 3.63) is 70.5 Å². The SMILES string of the molecule is CS(=O)(=O)NC(=O)C1=C(c2ccc(C3CC3)cc2)CC(c2ccc(OCCCCCC(F)(F)F)cc2F)(C(F)(F)F)NC1=O. The molecule has 2 aliphatic rings. The number of rotatable bonds is 11. The molecule has 1 saturated carbocycles. The summed E-state index contributed by atoms with van der Waals surface area (Å²) in [7, 11) is -4.21. The number of halogens is 7. The number of amides is 2. The molecule has 7 nitrogen and oxygen atoms in total. The molecule has 1 unspecified atom stereocenters. The molecule has 0 spiro atoms. The van der Waals surface area contributed by atoms with Gasteiger partial charge in [0.25, 0.3) is 11.8 Å². The Labute approximate surface area is 248 Å². The molecule has 0 radical (unpaired) electrons. The van der Waals surface area contributed by atoms with Crippen molar-refractivity contribution in [2.75, 3.05) is 12.9 Å². The first kappa shape index (κ1) is 33.3. The highest BCUT2D eigenvalue weighted by atomic mass is 32.2. The summed E-state index contributed by atoms with van der Waals surface area (Å²) in [6, 6.07) is 8.62. The summed E-state index contributed by atoms with van der Waals surface area (Å²) in [6.07, 6.45) is -9.01. The fourth-order valence-electron chi connectivity index (χ4n) is 5.08. The number of benzene rings is 2. The van der Waals surface area contributed by atoms with E-state index in [0.717, 1.165) is 30.5 Å². The van der Waals surface area contributed by atoms with Gasteiger partial charge in [0, 0.05) is 24.5 Å². The van der Waals surface area contributed by atoms with Crippen molar-refractivity contribution in [1.82, 2.24) is 10.0 Å². The third-order valence-electron chi connectivity index (χ3n) is 7.37. The van der Waals surface area contributed by atoms with Crippen molar-refractivity contribution in [3.8, 4) is 5.75 Å². The Hall–Kier alpha value is -3.62. The van der Waals surface area contributed by atoms with E-state index < -0.39 is 75.1 Å². The number of carbonyl (C=O) groups is 2. The van der Waals surface area contributed by atoms with Crippen LogP contribution in [0.4, 0.5) is 30.7 Å². The summed E-state index contributed by atoms with van der Waals surface area (Å²) < 4.78 is 127. The highest BCUT2D eigenvalue weighted by Gasteiger charge is 2.61. The second-order valence-electron chi connectivity index (χ2n) is 10.9. The van der Waals surface area contributed by atoms with E-state index in [9.17, 15) is 44.3 Å². The molecule has 2 aromatic rings. The van der Waals surface area contributed by atoms with Crippen LogP contribution in [0.15, 0.2) is 48.0 Å². The van der Waals surface area contributed by atoms with E-state index in [1.54, 1.807) is 22.2 Å². The van der Waals surface area contributed by atoms with Gasteiger partial charge in [0.05, 0.1) is 12.9 Å². The van der Waals surface area contributed by atoms with Crippen LogP contribution in [0.2, 0.25) is 0 Å². The number of ether oxygens (including phenoxy) is 1. The first-order valence-electron chi connectivity index (χ1n) is 13.6. The average molecular weight is 651 g/mol. The summed E-state index contributed by atoms with van der Waals surface area (Å²) in [5, 5.41) is 1.73. The van der Waals surface area contributed by atoms with Gasteiger partial charge in [0.1, 0.15) is 17.1 Å². The van der Waals surface area contributed by atoms with Crippen LogP contribution in [0.25, 0.3) is 5.57 Å². The minimum atomic E-state index is -5.30. The van der Waals surface area contributed by atoms with E-state index in [0.29, 0.717) is 12.3 Å². The first-order chi connectivity index (χ1) is 20.4. The number of alkyl halides is 6. The van der Waals surface area contributed by atoms with Crippen LogP contribution in [0.5, 0.6) is 5.75 Å². The van der Waals surface area contributed by atoms with Crippen molar-refractivity contribution < 1.29 is 53.5 Å². The largest absolute Gasteiger partial charge is 0.493 e. The Bertz CT molecular complexity index is 1550. The van der Waals surface area contributed by atoms with E-state index in [2.05, 4.69) is 0 Å². The normalized spacial score (nSPS) is 19.5. The molecule has 1 atom stereocenters. The molecule has 0 aromatic heterocycles. The van der Waals surface area contributed by atoms with Crippen molar-refractivity contribution >= 4 is 27.4 Å². The van der Waals surface area contributed by atoms with Gasteiger partial charge in [-0.15, -0.1) is 0 Å². The van der Waals surface area contributed by atoms with Crippen molar-refractivity contribution in [3.63, 3.8) is 0 Å². The highest BCUT2D eigenvalue weighted by molar-refractivity contribution is 7.89. The number of nitrogens with one attached hydrogen (secondary N) is 2. The standard InChI is InChI=1S/C29H29F7N2O5S/c1-44(41,42)38-26(40)24-21(19-9-7-18(8-10-19)17-5-6-17)16-27(29(34,35)36,37-25(24)39)22-12-11-20(15-23(22)30)43-14-4-2-3-13-28(31,32)33/h7-12,15,17H,2-6,13-14,16H2,1H3,(H,37,39)(H,38,40). The Morgan fingerprint density at radius 3 is 2.23 bits per heavy atom. The van der Waals surface area contributed by atoms with Gasteiger partial charge in [-0.3, -0.25) is 9.59 Å². The van der Waals surface area contributed by atoms with Crippen LogP contribution in [-0.4, -0.2) is 45.4 Å². The van der Waals surface area contributed by atoms with Crippen LogP contribution in [0, 0.1) is 5.82 Å². The predicted octanol–water partition coefficient (Wildman–Crippen LogP) is 6.01. The predicted molar refractivity (Wildman–Crippen MR) is 145 cm³/mol. The monoisotopic (exact) mass is 650 g/mol. The zero-order chi connectivity index (χ0) is 32.5. The molecule has 44 heavy (non-hydrogen) atoms. The number of carbonyl (C=O) groups excluding carboxylic acids is 2. The molecule has 1 heterocycles. The maximum Gasteiger partial charge on any atom is 0.416 e. The van der Waals surface area contributed by atoms with Crippen molar-refractivity contribution in [1.29, 1.82) is 0 Å². The summed E-state index contributed by atoms with van der Waals surface area (Å²) in [5.41, 5.74) is -4.69. The zero-order valence-corrected chi connectivity index (χ0v) is 24.2. The highest BCUT2D eigenvalue weighted by Crippen LogP contribution is 2.50. The molecule has 0 bridgehead atoms. The lowest BCUT2D eigenvalue weighted by molar-refractivity contribution is -0.202. The van der Waals surface area contributed by atoms with Gasteiger partial charge < -0.3 is 10.1 Å². The average Bonchev–Trinajstić information content (AvgIpc) is 3.74. The van der Waals surface area contributed by atoms with Gasteiger partial charge in [-0.1, -0.05) is 24.3 Å². The third-order valence-corrected chi connectivity index (χ3v) is 7.92. The summed E-state index contributed by atoms with van der Waals surface area (Å²) in [5.74, 6) is -4.30. The van der Waals surface area contributed by atoms with Crippen LogP contribution < -0.4 is 14.8 Å². The minimum Gasteiger partial charge on any atom is -0.493 e. The van der Waals surface area contributed by atoms with Crippen molar-refractivity contribution in [2.45, 2.75) is 68.8 Å². The smallest absolute Gasteiger partial charge is 0.416 e. The minimum absolute atomic E-state index is 0.0439.